The predicted octanol–water partition coefficient (Wildman–Crippen LogP) is 2.62. The normalized spacial score (nSPS) is 12.3. The molecule has 1 rings (SSSR count). The number of hydrogen-bond donors (Lipinski definition) is 2. The quantitative estimate of drug-likeness (QED) is 0.725. The Bertz CT molecular complexity index is 464. The molecule has 1 amide bonds. The molecule has 1 unspecified atom stereocenters. The highest BCUT2D eigenvalue weighted by Gasteiger charge is 2.17. The van der Waals surface area contributed by atoms with Gasteiger partial charge in [-0.15, -0.1) is 0 Å². The number of nitrogens with one attached hydrogen (secondary N) is 2. The SMILES string of the molecule is CCCNCc1cc(F)ccc1OC(C)C(=O)NC(C)C. The molecule has 0 radical (unpaired) electrons. The zero-order valence-corrected chi connectivity index (χ0v) is 13.2. The second-order valence-corrected chi connectivity index (χ2v) is 5.35. The molecular weight excluding hydrogens is 271 g/mol. The zero-order valence-electron chi connectivity index (χ0n) is 13.2. The van der Waals surface area contributed by atoms with Gasteiger partial charge in [0.2, 0.25) is 0 Å². The van der Waals surface area contributed by atoms with E-state index < -0.39 is 6.10 Å². The van der Waals surface area contributed by atoms with E-state index >= 15 is 0 Å². The minimum atomic E-state index is -0.622. The first kappa shape index (κ1) is 17.4. The van der Waals surface area contributed by atoms with Crippen LogP contribution in [-0.2, 0) is 11.3 Å². The van der Waals surface area contributed by atoms with E-state index in [1.54, 1.807) is 13.0 Å². The largest absolute Gasteiger partial charge is 0.481 e. The lowest BCUT2D eigenvalue weighted by Crippen LogP contribution is -2.40. The Morgan fingerprint density at radius 2 is 2.05 bits per heavy atom. The van der Waals surface area contributed by atoms with E-state index in [0.717, 1.165) is 13.0 Å². The first-order valence-electron chi connectivity index (χ1n) is 7.40. The number of ether oxygens (including phenoxy) is 1. The van der Waals surface area contributed by atoms with Gasteiger partial charge in [-0.25, -0.2) is 4.39 Å². The average molecular weight is 296 g/mol. The molecule has 0 aliphatic carbocycles. The van der Waals surface area contributed by atoms with Crippen LogP contribution in [0.15, 0.2) is 18.2 Å². The van der Waals surface area contributed by atoms with Gasteiger partial charge in [-0.05, 0) is 51.9 Å². The van der Waals surface area contributed by atoms with Gasteiger partial charge in [0, 0.05) is 18.2 Å². The average Bonchev–Trinajstić information content (AvgIpc) is 2.41. The maximum absolute atomic E-state index is 13.4. The Hall–Kier alpha value is -1.62. The molecular formula is C16H25FN2O2. The second kappa shape index (κ2) is 8.62. The summed E-state index contributed by atoms with van der Waals surface area (Å²) in [4.78, 5) is 11.9. The van der Waals surface area contributed by atoms with Crippen LogP contribution in [0.5, 0.6) is 5.75 Å². The summed E-state index contributed by atoms with van der Waals surface area (Å²) < 4.78 is 19.0. The van der Waals surface area contributed by atoms with E-state index in [-0.39, 0.29) is 17.8 Å². The summed E-state index contributed by atoms with van der Waals surface area (Å²) in [7, 11) is 0. The summed E-state index contributed by atoms with van der Waals surface area (Å²) in [6.45, 7) is 8.89. The molecule has 0 aliphatic rings. The minimum absolute atomic E-state index is 0.0578. The van der Waals surface area contributed by atoms with Crippen LogP contribution in [0.25, 0.3) is 0 Å². The van der Waals surface area contributed by atoms with Crippen molar-refractivity contribution in [3.63, 3.8) is 0 Å². The Kier molecular flexibility index (Phi) is 7.15. The fourth-order valence-electron chi connectivity index (χ4n) is 1.85. The Balaban J connectivity index is 2.74. The highest BCUT2D eigenvalue weighted by molar-refractivity contribution is 5.80. The van der Waals surface area contributed by atoms with E-state index in [2.05, 4.69) is 17.6 Å². The Morgan fingerprint density at radius 3 is 2.67 bits per heavy atom. The molecule has 0 fully saturated rings. The van der Waals surface area contributed by atoms with Crippen LogP contribution in [0.3, 0.4) is 0 Å². The highest BCUT2D eigenvalue weighted by atomic mass is 19.1. The van der Waals surface area contributed by atoms with E-state index in [0.29, 0.717) is 17.9 Å². The van der Waals surface area contributed by atoms with Gasteiger partial charge in [-0.3, -0.25) is 4.79 Å². The monoisotopic (exact) mass is 296 g/mol. The second-order valence-electron chi connectivity index (χ2n) is 5.35. The van der Waals surface area contributed by atoms with Gasteiger partial charge in [0.15, 0.2) is 6.10 Å². The zero-order chi connectivity index (χ0) is 15.8. The van der Waals surface area contributed by atoms with Gasteiger partial charge in [0.1, 0.15) is 11.6 Å². The number of benzene rings is 1. The standard InChI is InChI=1S/C16H25FN2O2/c1-5-8-18-10-13-9-14(17)6-7-15(13)21-12(4)16(20)19-11(2)3/h6-7,9,11-12,18H,5,8,10H2,1-4H3,(H,19,20). The third-order valence-corrected chi connectivity index (χ3v) is 2.87. The van der Waals surface area contributed by atoms with Gasteiger partial charge in [-0.1, -0.05) is 6.92 Å². The number of hydrogen-bond acceptors (Lipinski definition) is 3. The van der Waals surface area contributed by atoms with Crippen LogP contribution in [0.4, 0.5) is 4.39 Å². The maximum atomic E-state index is 13.4. The Morgan fingerprint density at radius 1 is 1.33 bits per heavy atom. The van der Waals surface area contributed by atoms with Gasteiger partial charge < -0.3 is 15.4 Å². The van der Waals surface area contributed by atoms with Crippen molar-refractivity contribution in [2.45, 2.75) is 52.8 Å². The van der Waals surface area contributed by atoms with E-state index in [1.165, 1.54) is 12.1 Å². The molecule has 21 heavy (non-hydrogen) atoms. The summed E-state index contributed by atoms with van der Waals surface area (Å²) in [5.41, 5.74) is 0.715. The molecule has 2 N–H and O–H groups in total. The van der Waals surface area contributed by atoms with E-state index in [9.17, 15) is 9.18 Å². The first-order valence-corrected chi connectivity index (χ1v) is 7.40. The van der Waals surface area contributed by atoms with Crippen LogP contribution in [0.1, 0.15) is 39.7 Å². The summed E-state index contributed by atoms with van der Waals surface area (Å²) in [6, 6.07) is 4.40. The number of carbonyl (C=O) groups excluding carboxylic acids is 1. The Labute approximate surface area is 126 Å². The van der Waals surface area contributed by atoms with Gasteiger partial charge in [-0.2, -0.15) is 0 Å². The third-order valence-electron chi connectivity index (χ3n) is 2.87. The molecule has 1 aromatic rings. The first-order chi connectivity index (χ1) is 9.93. The lowest BCUT2D eigenvalue weighted by Gasteiger charge is -2.18. The van der Waals surface area contributed by atoms with Crippen LogP contribution in [-0.4, -0.2) is 24.6 Å². The number of carbonyl (C=O) groups is 1. The molecule has 0 spiro atoms. The lowest BCUT2D eigenvalue weighted by atomic mass is 10.2. The molecule has 0 saturated heterocycles. The van der Waals surface area contributed by atoms with Gasteiger partial charge >= 0.3 is 0 Å². The van der Waals surface area contributed by atoms with Crippen LogP contribution >= 0.6 is 0 Å². The van der Waals surface area contributed by atoms with Crippen LogP contribution < -0.4 is 15.4 Å². The van der Waals surface area contributed by atoms with Crippen molar-refractivity contribution in [3.8, 4) is 5.75 Å². The molecule has 1 atom stereocenters. The molecule has 0 aromatic heterocycles. The molecule has 0 saturated carbocycles. The molecule has 0 heterocycles. The van der Waals surface area contributed by atoms with Crippen LogP contribution in [0.2, 0.25) is 0 Å². The number of amides is 1. The molecule has 4 nitrogen and oxygen atoms in total. The number of halogens is 1. The predicted molar refractivity (Wildman–Crippen MR) is 81.8 cm³/mol. The summed E-state index contributed by atoms with van der Waals surface area (Å²) in [5.74, 6) is 0.0446. The van der Waals surface area contributed by atoms with Crippen molar-refractivity contribution >= 4 is 5.91 Å². The van der Waals surface area contributed by atoms with E-state index in [1.807, 2.05) is 13.8 Å². The van der Waals surface area contributed by atoms with E-state index in [4.69, 9.17) is 4.74 Å². The molecule has 0 aliphatic heterocycles. The minimum Gasteiger partial charge on any atom is -0.481 e. The van der Waals surface area contributed by atoms with Crippen molar-refractivity contribution in [1.82, 2.24) is 10.6 Å². The fourth-order valence-corrected chi connectivity index (χ4v) is 1.85. The third kappa shape index (κ3) is 6.12. The van der Waals surface area contributed by atoms with Crippen molar-refractivity contribution in [3.05, 3.63) is 29.6 Å². The topological polar surface area (TPSA) is 50.4 Å². The molecule has 0 bridgehead atoms. The summed E-state index contributed by atoms with van der Waals surface area (Å²) >= 11 is 0. The fraction of sp³-hybridized carbons (Fsp3) is 0.562. The van der Waals surface area contributed by atoms with Crippen molar-refractivity contribution in [2.24, 2.45) is 0 Å². The highest BCUT2D eigenvalue weighted by Crippen LogP contribution is 2.21. The van der Waals surface area contributed by atoms with Crippen molar-refractivity contribution in [1.29, 1.82) is 0 Å². The van der Waals surface area contributed by atoms with Gasteiger partial charge in [0.05, 0.1) is 0 Å². The van der Waals surface area contributed by atoms with Gasteiger partial charge in [0.25, 0.3) is 5.91 Å². The lowest BCUT2D eigenvalue weighted by molar-refractivity contribution is -0.127. The van der Waals surface area contributed by atoms with Crippen molar-refractivity contribution < 1.29 is 13.9 Å². The summed E-state index contributed by atoms with van der Waals surface area (Å²) in [5, 5.41) is 6.00. The molecule has 1 aromatic carbocycles. The molecule has 118 valence electrons. The smallest absolute Gasteiger partial charge is 0.260 e. The summed E-state index contributed by atoms with van der Waals surface area (Å²) in [6.07, 6.45) is 0.376. The van der Waals surface area contributed by atoms with Crippen LogP contribution in [0, 0.1) is 5.82 Å². The number of rotatable bonds is 8. The molecule has 5 heteroatoms. The maximum Gasteiger partial charge on any atom is 0.260 e. The van der Waals surface area contributed by atoms with Crippen molar-refractivity contribution in [2.75, 3.05) is 6.54 Å².